The van der Waals surface area contributed by atoms with Gasteiger partial charge in [0.2, 0.25) is 0 Å². The molecule has 0 aliphatic heterocycles. The average Bonchev–Trinajstić information content (AvgIpc) is 2.52. The van der Waals surface area contributed by atoms with Crippen LogP contribution >= 0.6 is 43.6 Å². The Hall–Kier alpha value is -0.250. The lowest BCUT2D eigenvalue weighted by Crippen LogP contribution is -2.06. The first-order chi connectivity index (χ1) is 11.8. The summed E-state index contributed by atoms with van der Waals surface area (Å²) in [5.41, 5.74) is 2.86. The van der Waals surface area contributed by atoms with Crippen LogP contribution in [0.4, 0.5) is 0 Å². The second kappa shape index (κ2) is 10.2. The SMILES string of the molecule is CC(C)CC(SC(CC(C)C)c1cccc(Br)c1)c1cccc(Br)c1. The highest BCUT2D eigenvalue weighted by Crippen LogP contribution is 2.47. The van der Waals surface area contributed by atoms with Gasteiger partial charge in [-0.3, -0.25) is 0 Å². The number of rotatable bonds is 8. The molecule has 0 radical (unpaired) electrons. The molecule has 0 spiro atoms. The van der Waals surface area contributed by atoms with Crippen LogP contribution in [-0.4, -0.2) is 0 Å². The van der Waals surface area contributed by atoms with Gasteiger partial charge in [0.25, 0.3) is 0 Å². The van der Waals surface area contributed by atoms with Crippen molar-refractivity contribution in [2.24, 2.45) is 11.8 Å². The van der Waals surface area contributed by atoms with E-state index in [1.54, 1.807) is 0 Å². The Morgan fingerprint density at radius 2 is 1.12 bits per heavy atom. The van der Waals surface area contributed by atoms with Crippen LogP contribution in [-0.2, 0) is 0 Å². The van der Waals surface area contributed by atoms with Crippen molar-refractivity contribution in [3.8, 4) is 0 Å². The van der Waals surface area contributed by atoms with Gasteiger partial charge in [-0.2, -0.15) is 0 Å². The molecule has 0 aliphatic carbocycles. The number of benzene rings is 2. The fraction of sp³-hybridized carbons (Fsp3) is 0.455. The third kappa shape index (κ3) is 7.11. The van der Waals surface area contributed by atoms with E-state index in [-0.39, 0.29) is 0 Å². The Bertz CT molecular complexity index is 609. The van der Waals surface area contributed by atoms with Crippen molar-refractivity contribution in [3.05, 3.63) is 68.6 Å². The van der Waals surface area contributed by atoms with Crippen LogP contribution in [0.25, 0.3) is 0 Å². The van der Waals surface area contributed by atoms with Gasteiger partial charge >= 0.3 is 0 Å². The zero-order chi connectivity index (χ0) is 18.4. The third-order valence-electron chi connectivity index (χ3n) is 4.14. The van der Waals surface area contributed by atoms with Crippen LogP contribution in [0, 0.1) is 11.8 Å². The molecule has 0 N–H and O–H groups in total. The molecule has 25 heavy (non-hydrogen) atoms. The first-order valence-corrected chi connectivity index (χ1v) is 11.5. The van der Waals surface area contributed by atoms with Crippen LogP contribution in [0.15, 0.2) is 57.5 Å². The predicted molar refractivity (Wildman–Crippen MR) is 120 cm³/mol. The monoisotopic (exact) mass is 482 g/mol. The van der Waals surface area contributed by atoms with Crippen molar-refractivity contribution in [2.75, 3.05) is 0 Å². The van der Waals surface area contributed by atoms with E-state index in [2.05, 4.69) is 120 Å². The molecule has 3 heteroatoms. The minimum Gasteiger partial charge on any atom is -0.146 e. The zero-order valence-corrected chi connectivity index (χ0v) is 19.5. The van der Waals surface area contributed by atoms with Gasteiger partial charge in [-0.15, -0.1) is 11.8 Å². The molecular formula is C22H28Br2S. The van der Waals surface area contributed by atoms with E-state index >= 15 is 0 Å². The van der Waals surface area contributed by atoms with E-state index in [4.69, 9.17) is 0 Å². The van der Waals surface area contributed by atoms with Crippen molar-refractivity contribution in [1.82, 2.24) is 0 Å². The lowest BCUT2D eigenvalue weighted by molar-refractivity contribution is 0.562. The van der Waals surface area contributed by atoms with Crippen molar-refractivity contribution < 1.29 is 0 Å². The molecule has 136 valence electrons. The van der Waals surface area contributed by atoms with Gasteiger partial charge in [-0.05, 0) is 60.1 Å². The largest absolute Gasteiger partial charge is 0.146 e. The Labute approximate surface area is 174 Å². The maximum atomic E-state index is 3.64. The lowest BCUT2D eigenvalue weighted by Gasteiger charge is -2.27. The summed E-state index contributed by atoms with van der Waals surface area (Å²) >= 11 is 9.41. The second-order valence-corrected chi connectivity index (χ2v) is 10.7. The van der Waals surface area contributed by atoms with Crippen LogP contribution in [0.1, 0.15) is 62.2 Å². The Balaban J connectivity index is 2.30. The van der Waals surface area contributed by atoms with Gasteiger partial charge < -0.3 is 0 Å². The smallest absolute Gasteiger partial charge is 0.0306 e. The van der Waals surface area contributed by atoms with Crippen LogP contribution in [0.3, 0.4) is 0 Å². The molecule has 0 saturated carbocycles. The van der Waals surface area contributed by atoms with Gasteiger partial charge in [0, 0.05) is 19.4 Å². The molecule has 2 rings (SSSR count). The number of halogens is 2. The molecule has 0 bridgehead atoms. The summed E-state index contributed by atoms with van der Waals surface area (Å²) < 4.78 is 2.34. The van der Waals surface area contributed by atoms with E-state index < -0.39 is 0 Å². The molecular weight excluding hydrogens is 456 g/mol. The van der Waals surface area contributed by atoms with E-state index in [0.717, 1.165) is 0 Å². The van der Waals surface area contributed by atoms with Gasteiger partial charge in [0.15, 0.2) is 0 Å². The number of hydrogen-bond acceptors (Lipinski definition) is 1. The molecule has 2 unspecified atom stereocenters. The van der Waals surface area contributed by atoms with Crippen LogP contribution < -0.4 is 0 Å². The predicted octanol–water partition coefficient (Wildman–Crippen LogP) is 8.82. The summed E-state index contributed by atoms with van der Waals surface area (Å²) in [4.78, 5) is 0. The van der Waals surface area contributed by atoms with Crippen molar-refractivity contribution >= 4 is 43.6 Å². The fourth-order valence-electron chi connectivity index (χ4n) is 3.01. The fourth-order valence-corrected chi connectivity index (χ4v) is 5.84. The summed E-state index contributed by atoms with van der Waals surface area (Å²) in [6, 6.07) is 17.7. The Morgan fingerprint density at radius 1 is 0.720 bits per heavy atom. The number of hydrogen-bond donors (Lipinski definition) is 0. The highest BCUT2D eigenvalue weighted by molar-refractivity contribution is 9.10. The van der Waals surface area contributed by atoms with Gasteiger partial charge in [-0.25, -0.2) is 0 Å². The molecule has 0 amide bonds. The maximum Gasteiger partial charge on any atom is 0.0306 e. The van der Waals surface area contributed by atoms with E-state index in [1.807, 2.05) is 0 Å². The minimum absolute atomic E-state index is 0.514. The minimum atomic E-state index is 0.514. The van der Waals surface area contributed by atoms with E-state index in [0.29, 0.717) is 22.3 Å². The number of thioether (sulfide) groups is 1. The molecule has 2 atom stereocenters. The summed E-state index contributed by atoms with van der Waals surface area (Å²) in [6.45, 7) is 9.29. The maximum absolute atomic E-state index is 3.64. The summed E-state index contributed by atoms with van der Waals surface area (Å²) in [6.07, 6.45) is 2.40. The summed E-state index contributed by atoms with van der Waals surface area (Å²) in [7, 11) is 0. The van der Waals surface area contributed by atoms with Gasteiger partial charge in [0.1, 0.15) is 0 Å². The second-order valence-electron chi connectivity index (χ2n) is 7.48. The van der Waals surface area contributed by atoms with Crippen LogP contribution in [0.2, 0.25) is 0 Å². The molecule has 0 aliphatic rings. The summed E-state index contributed by atoms with van der Waals surface area (Å²) in [5.74, 6) is 1.36. The average molecular weight is 484 g/mol. The topological polar surface area (TPSA) is 0 Å². The van der Waals surface area contributed by atoms with Gasteiger partial charge in [-0.1, -0.05) is 83.8 Å². The lowest BCUT2D eigenvalue weighted by atomic mass is 10.0. The normalized spacial score (nSPS) is 14.1. The van der Waals surface area contributed by atoms with Crippen molar-refractivity contribution in [2.45, 2.75) is 51.0 Å². The molecule has 2 aromatic carbocycles. The van der Waals surface area contributed by atoms with Crippen molar-refractivity contribution in [1.29, 1.82) is 0 Å². The van der Waals surface area contributed by atoms with Crippen LogP contribution in [0.5, 0.6) is 0 Å². The Morgan fingerprint density at radius 3 is 1.44 bits per heavy atom. The van der Waals surface area contributed by atoms with E-state index in [1.165, 1.54) is 32.9 Å². The van der Waals surface area contributed by atoms with Gasteiger partial charge in [0.05, 0.1) is 0 Å². The Kier molecular flexibility index (Phi) is 8.57. The first kappa shape index (κ1) is 21.1. The molecule has 2 aromatic rings. The quantitative estimate of drug-likeness (QED) is 0.361. The van der Waals surface area contributed by atoms with E-state index in [9.17, 15) is 0 Å². The third-order valence-corrected chi connectivity index (χ3v) is 6.71. The zero-order valence-electron chi connectivity index (χ0n) is 15.5. The van der Waals surface area contributed by atoms with Crippen molar-refractivity contribution in [3.63, 3.8) is 0 Å². The molecule has 0 aromatic heterocycles. The first-order valence-electron chi connectivity index (χ1n) is 9.01. The highest BCUT2D eigenvalue weighted by Gasteiger charge is 2.22. The molecule has 0 saturated heterocycles. The highest BCUT2D eigenvalue weighted by atomic mass is 79.9. The molecule has 0 heterocycles. The standard InChI is InChI=1S/C22H28Br2S/c1-15(2)11-21(17-7-5-9-19(23)13-17)25-22(12-16(3)4)18-8-6-10-20(24)14-18/h5-10,13-16,21-22H,11-12H2,1-4H3. The molecule has 0 fully saturated rings. The summed E-state index contributed by atoms with van der Waals surface area (Å²) in [5, 5.41) is 1.03. The molecule has 0 nitrogen and oxygen atoms in total.